The van der Waals surface area contributed by atoms with Crippen molar-refractivity contribution in [2.45, 2.75) is 6.92 Å². The summed E-state index contributed by atoms with van der Waals surface area (Å²) in [6, 6.07) is 20.3. The minimum absolute atomic E-state index is 0.244. The molecule has 5 aromatic rings. The third-order valence-corrected chi connectivity index (χ3v) is 7.07. The summed E-state index contributed by atoms with van der Waals surface area (Å²) in [4.78, 5) is 23.0. The van der Waals surface area contributed by atoms with Crippen LogP contribution >= 0.6 is 34.5 Å². The lowest BCUT2D eigenvalue weighted by Crippen LogP contribution is -2.19. The van der Waals surface area contributed by atoms with Crippen molar-refractivity contribution >= 4 is 56.2 Å². The fraction of sp³-hybridized carbons (Fsp3) is 0.0800. The molecule has 0 amide bonds. The van der Waals surface area contributed by atoms with Crippen LogP contribution in [0.5, 0.6) is 5.75 Å². The predicted molar refractivity (Wildman–Crippen MR) is 140 cm³/mol. The molecule has 0 saturated heterocycles. The summed E-state index contributed by atoms with van der Waals surface area (Å²) in [7, 11) is 1.61. The molecular formula is C25H18Cl2N4O2S. The van der Waals surface area contributed by atoms with Crippen molar-refractivity contribution in [2.24, 2.45) is 4.99 Å². The maximum atomic E-state index is 13.7. The van der Waals surface area contributed by atoms with Crippen LogP contribution in [0.2, 0.25) is 10.0 Å². The number of para-hydroxylation sites is 1. The van der Waals surface area contributed by atoms with Gasteiger partial charge in [-0.2, -0.15) is 4.68 Å². The largest absolute Gasteiger partial charge is 0.497 e. The van der Waals surface area contributed by atoms with E-state index in [0.29, 0.717) is 37.8 Å². The van der Waals surface area contributed by atoms with Gasteiger partial charge in [-0.05, 0) is 61.5 Å². The minimum atomic E-state index is -0.244. The molecule has 0 bridgehead atoms. The van der Waals surface area contributed by atoms with Gasteiger partial charge < -0.3 is 4.74 Å². The Bertz CT molecular complexity index is 1570. The lowest BCUT2D eigenvalue weighted by Gasteiger charge is -2.05. The number of rotatable bonds is 5. The molecule has 1 N–H and O–H groups in total. The van der Waals surface area contributed by atoms with Gasteiger partial charge >= 0.3 is 0 Å². The molecule has 2 aromatic heterocycles. The van der Waals surface area contributed by atoms with Gasteiger partial charge in [0.2, 0.25) is 5.13 Å². The van der Waals surface area contributed by atoms with E-state index in [0.717, 1.165) is 21.5 Å². The monoisotopic (exact) mass is 508 g/mol. The third-order valence-electron chi connectivity index (χ3n) is 5.30. The van der Waals surface area contributed by atoms with E-state index in [-0.39, 0.29) is 5.56 Å². The Morgan fingerprint density at radius 2 is 1.82 bits per heavy atom. The number of hydrogen-bond donors (Lipinski definition) is 1. The lowest BCUT2D eigenvalue weighted by atomic mass is 10.0. The summed E-state index contributed by atoms with van der Waals surface area (Å²) in [5.41, 5.74) is 3.61. The molecule has 0 aliphatic rings. The summed E-state index contributed by atoms with van der Waals surface area (Å²) < 4.78 is 7.74. The number of thiazole rings is 1. The number of aromatic nitrogens is 3. The van der Waals surface area contributed by atoms with E-state index in [1.807, 2.05) is 48.5 Å². The standard InChI is InChI=1S/C25H18Cl2N4O2S/c1-14(28-16-9-12-18(26)19(27)13-16)22-23(15-7-10-17(33-2)11-8-15)30-31(24(22)32)25-29-20-5-3-4-6-21(20)34-25/h3-13,30H,1-2H3. The molecule has 0 aliphatic heterocycles. The van der Waals surface area contributed by atoms with E-state index in [9.17, 15) is 4.79 Å². The van der Waals surface area contributed by atoms with Crippen molar-refractivity contribution < 1.29 is 4.74 Å². The number of aliphatic imine (C=N–C) groups is 1. The summed E-state index contributed by atoms with van der Waals surface area (Å²) in [6.45, 7) is 1.79. The molecule has 34 heavy (non-hydrogen) atoms. The average molecular weight is 509 g/mol. The van der Waals surface area contributed by atoms with Crippen molar-refractivity contribution in [1.29, 1.82) is 0 Å². The molecule has 5 rings (SSSR count). The summed E-state index contributed by atoms with van der Waals surface area (Å²) in [6.07, 6.45) is 0. The molecule has 2 heterocycles. The van der Waals surface area contributed by atoms with Crippen LogP contribution in [0.25, 0.3) is 26.6 Å². The highest BCUT2D eigenvalue weighted by Gasteiger charge is 2.21. The van der Waals surface area contributed by atoms with Gasteiger partial charge in [0, 0.05) is 5.56 Å². The second-order valence-corrected chi connectivity index (χ2v) is 9.31. The van der Waals surface area contributed by atoms with Gasteiger partial charge in [-0.25, -0.2) is 4.98 Å². The summed E-state index contributed by atoms with van der Waals surface area (Å²) in [5.74, 6) is 0.722. The topological polar surface area (TPSA) is 72.3 Å². The molecule has 0 unspecified atom stereocenters. The number of H-pyrrole nitrogens is 1. The molecule has 0 fully saturated rings. The molecule has 0 spiro atoms. The van der Waals surface area contributed by atoms with Crippen LogP contribution in [-0.2, 0) is 0 Å². The molecular weight excluding hydrogens is 491 g/mol. The van der Waals surface area contributed by atoms with Gasteiger partial charge in [0.1, 0.15) is 5.75 Å². The van der Waals surface area contributed by atoms with Crippen LogP contribution in [0, 0.1) is 0 Å². The number of aromatic amines is 1. The Kier molecular flexibility index (Phi) is 6.00. The van der Waals surface area contributed by atoms with Crippen molar-refractivity contribution in [3.63, 3.8) is 0 Å². The molecule has 0 aliphatic carbocycles. The molecule has 3 aromatic carbocycles. The number of nitrogens with one attached hydrogen (secondary N) is 1. The van der Waals surface area contributed by atoms with E-state index in [1.165, 1.54) is 16.0 Å². The van der Waals surface area contributed by atoms with Crippen LogP contribution in [0.3, 0.4) is 0 Å². The first-order chi connectivity index (χ1) is 16.4. The van der Waals surface area contributed by atoms with Gasteiger partial charge in [0.05, 0.1) is 50.0 Å². The Hall–Kier alpha value is -3.39. The Morgan fingerprint density at radius 3 is 2.53 bits per heavy atom. The SMILES string of the molecule is COc1ccc(-c2[nH]n(-c3nc4ccccc4s3)c(=O)c2C(C)=Nc2ccc(Cl)c(Cl)c2)cc1. The van der Waals surface area contributed by atoms with E-state index in [1.54, 1.807) is 32.2 Å². The fourth-order valence-corrected chi connectivity index (χ4v) is 4.85. The summed E-state index contributed by atoms with van der Waals surface area (Å²) in [5, 5.41) is 4.64. The zero-order valence-corrected chi connectivity index (χ0v) is 20.5. The van der Waals surface area contributed by atoms with Crippen LogP contribution in [0.4, 0.5) is 5.69 Å². The van der Waals surface area contributed by atoms with Crippen molar-refractivity contribution in [3.8, 4) is 22.1 Å². The van der Waals surface area contributed by atoms with Crippen LogP contribution < -0.4 is 10.3 Å². The zero-order chi connectivity index (χ0) is 23.8. The quantitative estimate of drug-likeness (QED) is 0.262. The zero-order valence-electron chi connectivity index (χ0n) is 18.2. The Morgan fingerprint density at radius 1 is 1.06 bits per heavy atom. The van der Waals surface area contributed by atoms with E-state index in [4.69, 9.17) is 27.9 Å². The number of nitrogens with zero attached hydrogens (tertiary/aromatic N) is 3. The molecule has 0 saturated carbocycles. The molecule has 170 valence electrons. The average Bonchev–Trinajstić information content (AvgIpc) is 3.42. The highest BCUT2D eigenvalue weighted by Crippen LogP contribution is 2.30. The normalized spacial score (nSPS) is 11.8. The number of hydrogen-bond acceptors (Lipinski definition) is 5. The highest BCUT2D eigenvalue weighted by molar-refractivity contribution is 7.20. The number of methoxy groups -OCH3 is 1. The van der Waals surface area contributed by atoms with E-state index < -0.39 is 0 Å². The second-order valence-electron chi connectivity index (χ2n) is 7.49. The highest BCUT2D eigenvalue weighted by atomic mass is 35.5. The molecule has 9 heteroatoms. The smallest absolute Gasteiger partial charge is 0.283 e. The molecule has 0 radical (unpaired) electrons. The number of fused-ring (bicyclic) bond motifs is 1. The van der Waals surface area contributed by atoms with Crippen LogP contribution in [0.1, 0.15) is 12.5 Å². The summed E-state index contributed by atoms with van der Waals surface area (Å²) >= 11 is 13.6. The van der Waals surface area contributed by atoms with Crippen molar-refractivity contribution in [2.75, 3.05) is 7.11 Å². The second kappa shape index (κ2) is 9.10. The van der Waals surface area contributed by atoms with Crippen LogP contribution in [-0.4, -0.2) is 27.6 Å². The minimum Gasteiger partial charge on any atom is -0.497 e. The number of ether oxygens (including phenoxy) is 1. The van der Waals surface area contributed by atoms with Gasteiger partial charge in [-0.1, -0.05) is 46.7 Å². The van der Waals surface area contributed by atoms with Gasteiger partial charge in [-0.3, -0.25) is 14.9 Å². The lowest BCUT2D eigenvalue weighted by molar-refractivity contribution is 0.415. The van der Waals surface area contributed by atoms with Crippen molar-refractivity contribution in [1.82, 2.24) is 14.8 Å². The van der Waals surface area contributed by atoms with E-state index >= 15 is 0 Å². The van der Waals surface area contributed by atoms with E-state index in [2.05, 4.69) is 15.1 Å². The van der Waals surface area contributed by atoms with Gasteiger partial charge in [-0.15, -0.1) is 0 Å². The Balaban J connectivity index is 1.70. The van der Waals surface area contributed by atoms with Crippen molar-refractivity contribution in [3.05, 3.63) is 92.7 Å². The first-order valence-electron chi connectivity index (χ1n) is 10.3. The first-order valence-corrected chi connectivity index (χ1v) is 11.9. The fourth-order valence-electron chi connectivity index (χ4n) is 3.63. The number of halogens is 2. The maximum absolute atomic E-state index is 13.7. The van der Waals surface area contributed by atoms with Crippen LogP contribution in [0.15, 0.2) is 76.5 Å². The Labute approximate surface area is 209 Å². The predicted octanol–water partition coefficient (Wildman–Crippen LogP) is 6.90. The van der Waals surface area contributed by atoms with Gasteiger partial charge in [0.15, 0.2) is 0 Å². The van der Waals surface area contributed by atoms with Gasteiger partial charge in [0.25, 0.3) is 5.56 Å². The third kappa shape index (κ3) is 4.14. The first kappa shape index (κ1) is 22.4. The molecule has 6 nitrogen and oxygen atoms in total. The number of benzene rings is 3. The maximum Gasteiger partial charge on any atom is 0.283 e. The molecule has 0 atom stereocenters.